The average molecular weight is 288 g/mol. The molecule has 19 heavy (non-hydrogen) atoms. The van der Waals surface area contributed by atoms with Gasteiger partial charge in [-0.15, -0.1) is 0 Å². The van der Waals surface area contributed by atoms with Crippen molar-refractivity contribution < 1.29 is 9.26 Å². The molecule has 1 saturated heterocycles. The van der Waals surface area contributed by atoms with Crippen LogP contribution >= 0.6 is 0 Å². The minimum absolute atomic E-state index is 0.198. The molecule has 0 aliphatic carbocycles. The minimum atomic E-state index is -1.81. The van der Waals surface area contributed by atoms with Crippen molar-refractivity contribution in [3.8, 4) is 0 Å². The molecule has 4 heteroatoms. The summed E-state index contributed by atoms with van der Waals surface area (Å²) in [5.74, 6) is -0.476. The maximum atomic E-state index is 6.52. The molecule has 0 spiro atoms. The van der Waals surface area contributed by atoms with Crippen LogP contribution in [0.1, 0.15) is 54.9 Å². The predicted octanol–water partition coefficient (Wildman–Crippen LogP) is 4.41. The van der Waals surface area contributed by atoms with Gasteiger partial charge in [-0.05, 0) is 30.5 Å². The van der Waals surface area contributed by atoms with Crippen molar-refractivity contribution in [1.29, 1.82) is 0 Å². The lowest BCUT2D eigenvalue weighted by atomic mass is 9.84. The van der Waals surface area contributed by atoms with Crippen molar-refractivity contribution >= 4 is 8.32 Å². The van der Waals surface area contributed by atoms with Crippen molar-refractivity contribution in [3.05, 3.63) is 0 Å². The third kappa shape index (κ3) is 3.81. The lowest BCUT2D eigenvalue weighted by Crippen LogP contribution is -2.48. The molecule has 1 aliphatic rings. The highest BCUT2D eigenvalue weighted by Crippen LogP contribution is 2.45. The number of hydroxylamine groups is 2. The quantitative estimate of drug-likeness (QED) is 0.702. The maximum Gasteiger partial charge on any atom is 0.195 e. The molecule has 0 aromatic carbocycles. The monoisotopic (exact) mass is 287 g/mol. The van der Waals surface area contributed by atoms with E-state index < -0.39 is 14.1 Å². The fourth-order valence-corrected chi connectivity index (χ4v) is 4.00. The molecule has 1 fully saturated rings. The average Bonchev–Trinajstić information content (AvgIpc) is 2.37. The summed E-state index contributed by atoms with van der Waals surface area (Å²) in [6.07, 6.45) is 0.930. The number of nitrogens with zero attached hydrogens (tertiary/aromatic N) is 1. The smallest absolute Gasteiger partial charge is 0.195 e. The van der Waals surface area contributed by atoms with Crippen LogP contribution < -0.4 is 0 Å². The van der Waals surface area contributed by atoms with Crippen LogP contribution in [0.4, 0.5) is 0 Å². The molecule has 0 saturated carbocycles. The van der Waals surface area contributed by atoms with E-state index in [-0.39, 0.29) is 10.5 Å². The molecular weight excluding hydrogens is 254 g/mol. The molecule has 1 heterocycles. The van der Waals surface area contributed by atoms with E-state index in [4.69, 9.17) is 9.26 Å². The Balaban J connectivity index is 2.86. The first kappa shape index (κ1) is 17.1. The van der Waals surface area contributed by atoms with Gasteiger partial charge in [-0.25, -0.2) is 0 Å². The van der Waals surface area contributed by atoms with Gasteiger partial charge in [-0.3, -0.25) is 4.84 Å². The minimum Gasteiger partial charge on any atom is -0.389 e. The SMILES string of the molecule is CN1O[C@](C)(O[Si](C)(C)C(C)(C)C)C[C@@H]1C(C)(C)C. The van der Waals surface area contributed by atoms with Crippen LogP contribution in [0.15, 0.2) is 0 Å². The summed E-state index contributed by atoms with van der Waals surface area (Å²) in [4.78, 5) is 6.06. The van der Waals surface area contributed by atoms with Crippen molar-refractivity contribution in [2.75, 3.05) is 7.05 Å². The van der Waals surface area contributed by atoms with Crippen molar-refractivity contribution in [2.45, 2.75) is 84.8 Å². The Kier molecular flexibility index (Phi) is 4.36. The predicted molar refractivity (Wildman–Crippen MR) is 83.4 cm³/mol. The standard InChI is InChI=1S/C15H33NO2Si/c1-13(2,3)12-11-15(7,17-16(12)8)18-19(9,10)14(4,5)6/h12H,11H2,1-10H3/t12-,15-/m1/s1. The van der Waals surface area contributed by atoms with Crippen LogP contribution in [0.25, 0.3) is 0 Å². The molecule has 1 rings (SSSR count). The van der Waals surface area contributed by atoms with Gasteiger partial charge in [0.1, 0.15) is 0 Å². The summed E-state index contributed by atoms with van der Waals surface area (Å²) in [5, 5.41) is 2.20. The molecule has 0 aromatic heterocycles. The van der Waals surface area contributed by atoms with E-state index >= 15 is 0 Å². The van der Waals surface area contributed by atoms with Gasteiger partial charge in [0, 0.05) is 19.5 Å². The molecule has 0 N–H and O–H groups in total. The van der Waals surface area contributed by atoms with Gasteiger partial charge in [0.2, 0.25) is 0 Å². The van der Waals surface area contributed by atoms with E-state index in [9.17, 15) is 0 Å². The van der Waals surface area contributed by atoms with Gasteiger partial charge in [-0.2, -0.15) is 5.06 Å². The summed E-state index contributed by atoms with van der Waals surface area (Å²) >= 11 is 0. The third-order valence-electron chi connectivity index (χ3n) is 4.62. The molecule has 0 aromatic rings. The number of hydrogen-bond acceptors (Lipinski definition) is 3. The highest BCUT2D eigenvalue weighted by molar-refractivity contribution is 6.74. The van der Waals surface area contributed by atoms with Crippen LogP contribution in [-0.4, -0.2) is 32.3 Å². The molecular formula is C15H33NO2Si. The summed E-state index contributed by atoms with van der Waals surface area (Å²) in [6, 6.07) is 0.391. The normalized spacial score (nSPS) is 30.9. The molecule has 2 atom stereocenters. The zero-order valence-corrected chi connectivity index (χ0v) is 15.5. The topological polar surface area (TPSA) is 21.7 Å². The fraction of sp³-hybridized carbons (Fsp3) is 1.00. The molecule has 0 radical (unpaired) electrons. The second-order valence-electron chi connectivity index (χ2n) is 8.72. The van der Waals surface area contributed by atoms with Crippen molar-refractivity contribution in [3.63, 3.8) is 0 Å². The van der Waals surface area contributed by atoms with Gasteiger partial charge in [-0.1, -0.05) is 41.5 Å². The van der Waals surface area contributed by atoms with E-state index in [1.807, 2.05) is 12.1 Å². The van der Waals surface area contributed by atoms with Crippen LogP contribution in [0.3, 0.4) is 0 Å². The summed E-state index contributed by atoms with van der Waals surface area (Å²) in [7, 11) is 0.212. The molecule has 0 amide bonds. The van der Waals surface area contributed by atoms with E-state index in [1.165, 1.54) is 0 Å². The van der Waals surface area contributed by atoms with Crippen molar-refractivity contribution in [1.82, 2.24) is 5.06 Å². The Morgan fingerprint density at radius 1 is 1.16 bits per heavy atom. The summed E-state index contributed by atoms with van der Waals surface area (Å²) in [6.45, 7) is 20.2. The summed E-state index contributed by atoms with van der Waals surface area (Å²) < 4.78 is 6.52. The van der Waals surface area contributed by atoms with Crippen molar-refractivity contribution in [2.24, 2.45) is 5.41 Å². The molecule has 1 aliphatic heterocycles. The Morgan fingerprint density at radius 2 is 1.63 bits per heavy atom. The lowest BCUT2D eigenvalue weighted by molar-refractivity contribution is -0.263. The van der Waals surface area contributed by atoms with E-state index in [2.05, 4.69) is 61.6 Å². The van der Waals surface area contributed by atoms with Gasteiger partial charge in [0.05, 0.1) is 0 Å². The number of rotatable bonds is 2. The van der Waals surface area contributed by atoms with Crippen LogP contribution in [-0.2, 0) is 9.26 Å². The fourth-order valence-electron chi connectivity index (χ4n) is 2.49. The van der Waals surface area contributed by atoms with Crippen LogP contribution in [0.5, 0.6) is 0 Å². The Morgan fingerprint density at radius 3 is 1.95 bits per heavy atom. The first-order chi connectivity index (χ1) is 8.18. The summed E-state index contributed by atoms with van der Waals surface area (Å²) in [5.41, 5.74) is 0.198. The van der Waals surface area contributed by atoms with E-state index in [1.54, 1.807) is 0 Å². The number of hydrogen-bond donors (Lipinski definition) is 0. The van der Waals surface area contributed by atoms with Gasteiger partial charge in [0.25, 0.3) is 0 Å². The lowest BCUT2D eigenvalue weighted by Gasteiger charge is -2.41. The Labute approximate surface area is 120 Å². The first-order valence-electron chi connectivity index (χ1n) is 7.30. The molecule has 0 unspecified atom stereocenters. The second-order valence-corrected chi connectivity index (χ2v) is 13.4. The van der Waals surface area contributed by atoms with Gasteiger partial charge < -0.3 is 4.43 Å². The Hall–Kier alpha value is 0.0969. The molecule has 0 bridgehead atoms. The highest BCUT2D eigenvalue weighted by atomic mass is 28.4. The second kappa shape index (κ2) is 4.83. The molecule has 3 nitrogen and oxygen atoms in total. The van der Waals surface area contributed by atoms with Gasteiger partial charge in [0.15, 0.2) is 14.1 Å². The van der Waals surface area contributed by atoms with Gasteiger partial charge >= 0.3 is 0 Å². The van der Waals surface area contributed by atoms with Crippen LogP contribution in [0, 0.1) is 5.41 Å². The Bertz CT molecular complexity index is 330. The van der Waals surface area contributed by atoms with Crippen LogP contribution in [0.2, 0.25) is 18.1 Å². The zero-order valence-electron chi connectivity index (χ0n) is 14.5. The third-order valence-corrected chi connectivity index (χ3v) is 9.17. The van der Waals surface area contributed by atoms with E-state index in [0.29, 0.717) is 6.04 Å². The molecule has 114 valence electrons. The largest absolute Gasteiger partial charge is 0.389 e. The van der Waals surface area contributed by atoms with E-state index in [0.717, 1.165) is 6.42 Å². The first-order valence-corrected chi connectivity index (χ1v) is 10.2. The highest BCUT2D eigenvalue weighted by Gasteiger charge is 2.51. The zero-order chi connectivity index (χ0) is 15.3. The maximum absolute atomic E-state index is 6.52.